The first-order valence-electron chi connectivity index (χ1n) is 8.10. The summed E-state index contributed by atoms with van der Waals surface area (Å²) in [4.78, 5) is 23.9. The van der Waals surface area contributed by atoms with Crippen LogP contribution in [0.4, 0.5) is 0 Å². The Labute approximate surface area is 123 Å². The first kappa shape index (κ1) is 17.0. The van der Waals surface area contributed by atoms with Gasteiger partial charge in [-0.2, -0.15) is 0 Å². The standard InChI is InChI=1S/C16H30N2O2/c1-4-5-10-17-15(19)13-6-8-14(9-7-13)16(20)18-11-12(2)3/h12-14H,4-11H2,1-3H3,(H,17,19)(H,18,20). The fourth-order valence-electron chi connectivity index (χ4n) is 2.60. The van der Waals surface area contributed by atoms with Gasteiger partial charge in [0, 0.05) is 24.9 Å². The van der Waals surface area contributed by atoms with Crippen LogP contribution < -0.4 is 10.6 Å². The SMILES string of the molecule is CCCCNC(=O)C1CCC(C(=O)NCC(C)C)CC1. The van der Waals surface area contributed by atoms with Crippen molar-refractivity contribution >= 4 is 11.8 Å². The van der Waals surface area contributed by atoms with E-state index in [1.54, 1.807) is 0 Å². The van der Waals surface area contributed by atoms with Crippen LogP contribution in [0.1, 0.15) is 59.3 Å². The van der Waals surface area contributed by atoms with Gasteiger partial charge in [-0.15, -0.1) is 0 Å². The summed E-state index contributed by atoms with van der Waals surface area (Å²) < 4.78 is 0. The number of carbonyl (C=O) groups excluding carboxylic acids is 2. The number of rotatable bonds is 7. The predicted octanol–water partition coefficient (Wildman–Crippen LogP) is 2.48. The van der Waals surface area contributed by atoms with E-state index in [1.165, 1.54) is 0 Å². The molecule has 0 atom stereocenters. The van der Waals surface area contributed by atoms with E-state index in [-0.39, 0.29) is 23.7 Å². The molecular weight excluding hydrogens is 252 g/mol. The molecule has 1 aliphatic rings. The molecule has 1 fully saturated rings. The average Bonchev–Trinajstić information content (AvgIpc) is 2.45. The highest BCUT2D eigenvalue weighted by Crippen LogP contribution is 2.29. The minimum Gasteiger partial charge on any atom is -0.356 e. The van der Waals surface area contributed by atoms with Gasteiger partial charge < -0.3 is 10.6 Å². The lowest BCUT2D eigenvalue weighted by molar-refractivity contribution is -0.130. The molecular formula is C16H30N2O2. The summed E-state index contributed by atoms with van der Waals surface area (Å²) >= 11 is 0. The second kappa shape index (κ2) is 8.98. The second-order valence-corrected chi connectivity index (χ2v) is 6.33. The van der Waals surface area contributed by atoms with Crippen LogP contribution in [0.3, 0.4) is 0 Å². The van der Waals surface area contributed by atoms with Crippen LogP contribution in [0.2, 0.25) is 0 Å². The molecule has 2 N–H and O–H groups in total. The first-order chi connectivity index (χ1) is 9.54. The molecule has 116 valence electrons. The van der Waals surface area contributed by atoms with Crippen molar-refractivity contribution in [2.24, 2.45) is 17.8 Å². The fraction of sp³-hybridized carbons (Fsp3) is 0.875. The molecule has 0 radical (unpaired) electrons. The molecule has 1 aliphatic carbocycles. The van der Waals surface area contributed by atoms with Gasteiger partial charge >= 0.3 is 0 Å². The highest BCUT2D eigenvalue weighted by molar-refractivity contribution is 5.81. The second-order valence-electron chi connectivity index (χ2n) is 6.33. The monoisotopic (exact) mass is 282 g/mol. The lowest BCUT2D eigenvalue weighted by Crippen LogP contribution is -2.38. The average molecular weight is 282 g/mol. The minimum absolute atomic E-state index is 0.105. The molecule has 0 aromatic carbocycles. The first-order valence-corrected chi connectivity index (χ1v) is 8.10. The summed E-state index contributed by atoms with van der Waals surface area (Å²) in [6.07, 6.45) is 5.52. The summed E-state index contributed by atoms with van der Waals surface area (Å²) in [6.45, 7) is 7.84. The lowest BCUT2D eigenvalue weighted by Gasteiger charge is -2.27. The van der Waals surface area contributed by atoms with Gasteiger partial charge in [0.15, 0.2) is 0 Å². The molecule has 0 spiro atoms. The Hall–Kier alpha value is -1.06. The number of carbonyl (C=O) groups is 2. The van der Waals surface area contributed by atoms with E-state index in [9.17, 15) is 9.59 Å². The minimum atomic E-state index is 0.105. The Morgan fingerprint density at radius 3 is 1.95 bits per heavy atom. The summed E-state index contributed by atoms with van der Waals surface area (Å²) in [5.74, 6) is 1.05. The molecule has 0 saturated heterocycles. The molecule has 1 rings (SSSR count). The van der Waals surface area contributed by atoms with Crippen LogP contribution >= 0.6 is 0 Å². The third kappa shape index (κ3) is 5.93. The van der Waals surface area contributed by atoms with E-state index in [0.29, 0.717) is 5.92 Å². The Bertz CT molecular complexity index is 308. The third-order valence-corrected chi connectivity index (χ3v) is 3.98. The van der Waals surface area contributed by atoms with Crippen molar-refractivity contribution in [2.45, 2.75) is 59.3 Å². The molecule has 4 nitrogen and oxygen atoms in total. The van der Waals surface area contributed by atoms with Crippen LogP contribution in [0.15, 0.2) is 0 Å². The number of nitrogens with one attached hydrogen (secondary N) is 2. The molecule has 0 aromatic rings. The van der Waals surface area contributed by atoms with Gasteiger partial charge in [0.25, 0.3) is 0 Å². The number of hydrogen-bond donors (Lipinski definition) is 2. The quantitative estimate of drug-likeness (QED) is 0.705. The lowest BCUT2D eigenvalue weighted by atomic mass is 9.81. The van der Waals surface area contributed by atoms with Crippen LogP contribution in [0.25, 0.3) is 0 Å². The van der Waals surface area contributed by atoms with Crippen LogP contribution in [-0.2, 0) is 9.59 Å². The van der Waals surface area contributed by atoms with Crippen molar-refractivity contribution in [1.82, 2.24) is 10.6 Å². The van der Waals surface area contributed by atoms with Crippen molar-refractivity contribution in [3.63, 3.8) is 0 Å². The Balaban J connectivity index is 2.25. The van der Waals surface area contributed by atoms with Crippen molar-refractivity contribution in [3.05, 3.63) is 0 Å². The molecule has 0 unspecified atom stereocenters. The van der Waals surface area contributed by atoms with E-state index in [0.717, 1.165) is 51.6 Å². The molecule has 1 saturated carbocycles. The van der Waals surface area contributed by atoms with E-state index >= 15 is 0 Å². The van der Waals surface area contributed by atoms with Crippen molar-refractivity contribution in [3.8, 4) is 0 Å². The van der Waals surface area contributed by atoms with Gasteiger partial charge in [-0.05, 0) is 38.0 Å². The van der Waals surface area contributed by atoms with Gasteiger partial charge in [-0.3, -0.25) is 9.59 Å². The number of unbranched alkanes of at least 4 members (excludes halogenated alkanes) is 1. The van der Waals surface area contributed by atoms with Gasteiger partial charge in [-0.1, -0.05) is 27.2 Å². The molecule has 0 bridgehead atoms. The topological polar surface area (TPSA) is 58.2 Å². The summed E-state index contributed by atoms with van der Waals surface area (Å²) in [6, 6.07) is 0. The van der Waals surface area contributed by atoms with Gasteiger partial charge in [-0.25, -0.2) is 0 Å². The summed E-state index contributed by atoms with van der Waals surface area (Å²) in [5, 5.41) is 6.00. The van der Waals surface area contributed by atoms with Crippen LogP contribution in [0, 0.1) is 17.8 Å². The summed E-state index contributed by atoms with van der Waals surface area (Å²) in [7, 11) is 0. The largest absolute Gasteiger partial charge is 0.356 e. The Morgan fingerprint density at radius 1 is 1.00 bits per heavy atom. The molecule has 0 aromatic heterocycles. The zero-order chi connectivity index (χ0) is 15.0. The van der Waals surface area contributed by atoms with Crippen molar-refractivity contribution in [1.29, 1.82) is 0 Å². The van der Waals surface area contributed by atoms with E-state index < -0.39 is 0 Å². The zero-order valence-electron chi connectivity index (χ0n) is 13.2. The van der Waals surface area contributed by atoms with Gasteiger partial charge in [0.05, 0.1) is 0 Å². The highest BCUT2D eigenvalue weighted by atomic mass is 16.2. The normalized spacial score (nSPS) is 22.6. The molecule has 0 heterocycles. The van der Waals surface area contributed by atoms with E-state index in [2.05, 4.69) is 31.4 Å². The van der Waals surface area contributed by atoms with Crippen LogP contribution in [0.5, 0.6) is 0 Å². The highest BCUT2D eigenvalue weighted by Gasteiger charge is 2.29. The van der Waals surface area contributed by atoms with Gasteiger partial charge in [0.1, 0.15) is 0 Å². The molecule has 0 aliphatic heterocycles. The maximum atomic E-state index is 12.0. The van der Waals surface area contributed by atoms with Crippen molar-refractivity contribution in [2.75, 3.05) is 13.1 Å². The number of hydrogen-bond acceptors (Lipinski definition) is 2. The smallest absolute Gasteiger partial charge is 0.223 e. The molecule has 20 heavy (non-hydrogen) atoms. The Morgan fingerprint density at radius 2 is 1.50 bits per heavy atom. The third-order valence-electron chi connectivity index (χ3n) is 3.98. The zero-order valence-corrected chi connectivity index (χ0v) is 13.2. The van der Waals surface area contributed by atoms with E-state index in [4.69, 9.17) is 0 Å². The molecule has 2 amide bonds. The Kier molecular flexibility index (Phi) is 7.63. The fourth-order valence-corrected chi connectivity index (χ4v) is 2.60. The van der Waals surface area contributed by atoms with E-state index in [1.807, 2.05) is 0 Å². The molecule has 4 heteroatoms. The summed E-state index contributed by atoms with van der Waals surface area (Å²) in [5.41, 5.74) is 0. The maximum absolute atomic E-state index is 12.0. The van der Waals surface area contributed by atoms with Crippen LogP contribution in [-0.4, -0.2) is 24.9 Å². The van der Waals surface area contributed by atoms with Gasteiger partial charge in [0.2, 0.25) is 11.8 Å². The predicted molar refractivity (Wildman–Crippen MR) is 81.2 cm³/mol. The number of amides is 2. The maximum Gasteiger partial charge on any atom is 0.223 e. The van der Waals surface area contributed by atoms with Crippen molar-refractivity contribution < 1.29 is 9.59 Å².